The molecule has 0 aliphatic carbocycles. The Hall–Kier alpha value is -0.650. The molecule has 3 N–H and O–H groups in total. The van der Waals surface area contributed by atoms with E-state index in [9.17, 15) is 4.79 Å². The van der Waals surface area contributed by atoms with E-state index in [1.807, 2.05) is 6.92 Å². The number of hydrogen-bond donors (Lipinski definition) is 2. The van der Waals surface area contributed by atoms with Crippen molar-refractivity contribution in [3.8, 4) is 0 Å². The Morgan fingerprint density at radius 1 is 1.14 bits per heavy atom. The second kappa shape index (κ2) is 7.56. The molecule has 1 aliphatic heterocycles. The van der Waals surface area contributed by atoms with Crippen LogP contribution in [0.25, 0.3) is 0 Å². The molecule has 1 amide bonds. The lowest BCUT2D eigenvalue weighted by atomic mass is 9.96. The average Bonchev–Trinajstić information content (AvgIpc) is 2.42. The minimum atomic E-state index is -0.586. The van der Waals surface area contributed by atoms with E-state index in [0.29, 0.717) is 0 Å². The third-order valence-corrected chi connectivity index (χ3v) is 4.56. The first-order chi connectivity index (χ1) is 9.69. The number of rotatable bonds is 7. The van der Waals surface area contributed by atoms with Crippen LogP contribution in [0.5, 0.6) is 0 Å². The van der Waals surface area contributed by atoms with Crippen molar-refractivity contribution in [1.82, 2.24) is 15.1 Å². The maximum absolute atomic E-state index is 11.7. The van der Waals surface area contributed by atoms with Crippen LogP contribution in [0, 0.1) is 0 Å². The van der Waals surface area contributed by atoms with Crippen molar-refractivity contribution >= 4 is 5.91 Å². The van der Waals surface area contributed by atoms with Crippen molar-refractivity contribution < 1.29 is 4.79 Å². The van der Waals surface area contributed by atoms with Crippen molar-refractivity contribution in [2.45, 2.75) is 58.5 Å². The molecule has 5 nitrogen and oxygen atoms in total. The molecule has 1 heterocycles. The Morgan fingerprint density at radius 3 is 2.14 bits per heavy atom. The van der Waals surface area contributed by atoms with E-state index in [-0.39, 0.29) is 11.4 Å². The summed E-state index contributed by atoms with van der Waals surface area (Å²) in [7, 11) is 0. The third-order valence-electron chi connectivity index (χ3n) is 4.56. The Balaban J connectivity index is 2.43. The lowest BCUT2D eigenvalue weighted by Crippen LogP contribution is -2.57. The van der Waals surface area contributed by atoms with Crippen molar-refractivity contribution in [2.75, 3.05) is 39.3 Å². The van der Waals surface area contributed by atoms with Gasteiger partial charge in [-0.2, -0.15) is 0 Å². The minimum absolute atomic E-state index is 0.246. The first kappa shape index (κ1) is 18.4. The summed E-state index contributed by atoms with van der Waals surface area (Å²) >= 11 is 0. The number of carbonyl (C=O) groups excluding carboxylic acids is 1. The maximum atomic E-state index is 11.7. The highest BCUT2D eigenvalue weighted by atomic mass is 16.1. The van der Waals surface area contributed by atoms with Crippen LogP contribution in [0.4, 0.5) is 0 Å². The van der Waals surface area contributed by atoms with E-state index >= 15 is 0 Å². The zero-order valence-corrected chi connectivity index (χ0v) is 14.5. The van der Waals surface area contributed by atoms with Crippen molar-refractivity contribution in [3.63, 3.8) is 0 Å². The minimum Gasteiger partial charge on any atom is -0.368 e. The van der Waals surface area contributed by atoms with Gasteiger partial charge in [0.1, 0.15) is 0 Å². The van der Waals surface area contributed by atoms with E-state index < -0.39 is 5.54 Å². The van der Waals surface area contributed by atoms with E-state index in [1.54, 1.807) is 0 Å². The summed E-state index contributed by atoms with van der Waals surface area (Å²) in [6.45, 7) is 16.9. The van der Waals surface area contributed by atoms with Crippen LogP contribution >= 0.6 is 0 Å². The third kappa shape index (κ3) is 5.57. The summed E-state index contributed by atoms with van der Waals surface area (Å²) in [5.74, 6) is -0.246. The summed E-state index contributed by atoms with van der Waals surface area (Å²) in [6.07, 6.45) is 1.78. The van der Waals surface area contributed by atoms with Crippen LogP contribution in [0.15, 0.2) is 0 Å². The van der Waals surface area contributed by atoms with Crippen LogP contribution < -0.4 is 11.1 Å². The number of nitrogens with one attached hydrogen (secondary N) is 1. The molecule has 1 unspecified atom stereocenters. The number of amides is 1. The molecular weight excluding hydrogens is 264 g/mol. The highest BCUT2D eigenvalue weighted by molar-refractivity contribution is 5.84. The van der Waals surface area contributed by atoms with E-state index in [2.05, 4.69) is 42.8 Å². The molecule has 1 aliphatic rings. The predicted octanol–water partition coefficient (Wildman–Crippen LogP) is 1.04. The molecule has 0 aromatic heterocycles. The molecule has 0 bridgehead atoms. The first-order valence-corrected chi connectivity index (χ1v) is 8.21. The fraction of sp³-hybridized carbons (Fsp3) is 0.938. The Morgan fingerprint density at radius 2 is 1.71 bits per heavy atom. The number of hydrogen-bond acceptors (Lipinski definition) is 4. The average molecular weight is 298 g/mol. The number of carbonyl (C=O) groups is 1. The van der Waals surface area contributed by atoms with Crippen LogP contribution in [0.2, 0.25) is 0 Å². The first-order valence-electron chi connectivity index (χ1n) is 8.21. The second-order valence-corrected chi connectivity index (χ2v) is 7.37. The lowest BCUT2D eigenvalue weighted by Gasteiger charge is -2.43. The predicted molar refractivity (Wildman–Crippen MR) is 88.3 cm³/mol. The van der Waals surface area contributed by atoms with Gasteiger partial charge in [0.25, 0.3) is 0 Å². The largest absolute Gasteiger partial charge is 0.368 e. The fourth-order valence-electron chi connectivity index (χ4n) is 2.72. The monoisotopic (exact) mass is 298 g/mol. The van der Waals surface area contributed by atoms with Crippen LogP contribution in [-0.2, 0) is 4.79 Å². The molecule has 1 saturated heterocycles. The van der Waals surface area contributed by atoms with Gasteiger partial charge in [0.2, 0.25) is 5.91 Å². The van der Waals surface area contributed by atoms with Crippen LogP contribution in [0.3, 0.4) is 0 Å². The van der Waals surface area contributed by atoms with Crippen molar-refractivity contribution in [1.29, 1.82) is 0 Å². The number of piperazine rings is 1. The van der Waals surface area contributed by atoms with Gasteiger partial charge in [-0.1, -0.05) is 6.92 Å². The molecule has 0 saturated carbocycles. The zero-order chi connectivity index (χ0) is 16.1. The summed E-state index contributed by atoms with van der Waals surface area (Å²) in [5, 5.41) is 3.31. The standard InChI is InChI=1S/C16H34N4O/c1-6-8-18-16(5,14(17)21)7-9-19-10-12-20(13-11-19)15(2,3)4/h18H,6-13H2,1-5H3,(H2,17,21). The van der Waals surface area contributed by atoms with E-state index in [0.717, 1.165) is 52.1 Å². The molecule has 1 atom stereocenters. The van der Waals surface area contributed by atoms with Crippen LogP contribution in [0.1, 0.15) is 47.5 Å². The molecule has 1 fully saturated rings. The van der Waals surface area contributed by atoms with Gasteiger partial charge in [-0.05, 0) is 47.1 Å². The molecule has 0 aromatic rings. The van der Waals surface area contributed by atoms with Gasteiger partial charge < -0.3 is 16.0 Å². The normalized spacial score (nSPS) is 21.2. The second-order valence-electron chi connectivity index (χ2n) is 7.37. The smallest absolute Gasteiger partial charge is 0.237 e. The summed E-state index contributed by atoms with van der Waals surface area (Å²) < 4.78 is 0. The van der Waals surface area contributed by atoms with E-state index in [4.69, 9.17) is 5.73 Å². The molecule has 0 radical (unpaired) electrons. The Bertz CT molecular complexity index is 332. The molecule has 0 aromatic carbocycles. The van der Waals surface area contributed by atoms with Gasteiger partial charge >= 0.3 is 0 Å². The lowest BCUT2D eigenvalue weighted by molar-refractivity contribution is -0.124. The van der Waals surface area contributed by atoms with Gasteiger partial charge in [0.15, 0.2) is 0 Å². The number of nitrogens with zero attached hydrogens (tertiary/aromatic N) is 2. The maximum Gasteiger partial charge on any atom is 0.237 e. The molecule has 124 valence electrons. The van der Waals surface area contributed by atoms with Gasteiger partial charge in [0.05, 0.1) is 5.54 Å². The summed E-state index contributed by atoms with van der Waals surface area (Å²) in [4.78, 5) is 16.7. The Labute approximate surface area is 130 Å². The van der Waals surface area contributed by atoms with Crippen molar-refractivity contribution in [3.05, 3.63) is 0 Å². The van der Waals surface area contributed by atoms with Gasteiger partial charge in [-0.25, -0.2) is 0 Å². The SMILES string of the molecule is CCCNC(C)(CCN1CCN(C(C)(C)C)CC1)C(N)=O. The van der Waals surface area contributed by atoms with Gasteiger partial charge in [0, 0.05) is 38.3 Å². The summed E-state index contributed by atoms with van der Waals surface area (Å²) in [6, 6.07) is 0. The molecule has 5 heteroatoms. The number of nitrogens with two attached hydrogens (primary N) is 1. The molecule has 0 spiro atoms. The van der Waals surface area contributed by atoms with Gasteiger partial charge in [-0.3, -0.25) is 9.69 Å². The molecular formula is C16H34N4O. The fourth-order valence-corrected chi connectivity index (χ4v) is 2.72. The van der Waals surface area contributed by atoms with Gasteiger partial charge in [-0.15, -0.1) is 0 Å². The van der Waals surface area contributed by atoms with Crippen LogP contribution in [-0.4, -0.2) is 66.1 Å². The zero-order valence-electron chi connectivity index (χ0n) is 14.5. The topological polar surface area (TPSA) is 61.6 Å². The molecule has 1 rings (SSSR count). The summed E-state index contributed by atoms with van der Waals surface area (Å²) in [5.41, 5.74) is 5.24. The van der Waals surface area contributed by atoms with E-state index in [1.165, 1.54) is 0 Å². The quantitative estimate of drug-likeness (QED) is 0.737. The highest BCUT2D eigenvalue weighted by Crippen LogP contribution is 2.17. The highest BCUT2D eigenvalue weighted by Gasteiger charge is 2.32. The van der Waals surface area contributed by atoms with Crippen molar-refractivity contribution in [2.24, 2.45) is 5.73 Å². The molecule has 21 heavy (non-hydrogen) atoms. The Kier molecular flexibility index (Phi) is 6.63. The number of primary amides is 1.